The number of nitrogens with zero attached hydrogens (tertiary/aromatic N) is 1. The van der Waals surface area contributed by atoms with Gasteiger partial charge < -0.3 is 14.8 Å². The maximum atomic E-state index is 13.1. The SMILES string of the molecule is Cc1ccc2c(c1)NC(=O)c1cc(S(=O)(=O)N3C[C@H](C)O[C@@H](C)C3)ccc1O2. The van der Waals surface area contributed by atoms with E-state index < -0.39 is 15.9 Å². The van der Waals surface area contributed by atoms with Gasteiger partial charge >= 0.3 is 0 Å². The lowest BCUT2D eigenvalue weighted by atomic mass is 10.2. The van der Waals surface area contributed by atoms with Crippen molar-refractivity contribution < 1.29 is 22.7 Å². The number of anilines is 1. The van der Waals surface area contributed by atoms with Crippen LogP contribution in [0.25, 0.3) is 0 Å². The number of rotatable bonds is 2. The minimum absolute atomic E-state index is 0.0634. The maximum absolute atomic E-state index is 13.1. The molecule has 2 heterocycles. The molecular weight excluding hydrogens is 380 g/mol. The fourth-order valence-corrected chi connectivity index (χ4v) is 5.17. The molecule has 0 spiro atoms. The van der Waals surface area contributed by atoms with Gasteiger partial charge in [-0.05, 0) is 56.7 Å². The number of hydrogen-bond acceptors (Lipinski definition) is 5. The third kappa shape index (κ3) is 3.39. The summed E-state index contributed by atoms with van der Waals surface area (Å²) in [6, 6.07) is 9.86. The lowest BCUT2D eigenvalue weighted by molar-refractivity contribution is -0.0440. The first-order chi connectivity index (χ1) is 13.2. The van der Waals surface area contributed by atoms with E-state index in [2.05, 4.69) is 5.32 Å². The van der Waals surface area contributed by atoms with E-state index in [0.29, 0.717) is 17.2 Å². The van der Waals surface area contributed by atoms with E-state index in [9.17, 15) is 13.2 Å². The zero-order chi connectivity index (χ0) is 20.1. The number of hydrogen-bond donors (Lipinski definition) is 1. The predicted octanol–water partition coefficient (Wildman–Crippen LogP) is 3.15. The number of amides is 1. The number of morpholine rings is 1. The van der Waals surface area contributed by atoms with Crippen molar-refractivity contribution in [1.29, 1.82) is 0 Å². The lowest BCUT2D eigenvalue weighted by Crippen LogP contribution is -2.48. The van der Waals surface area contributed by atoms with Crippen molar-refractivity contribution in [3.8, 4) is 11.5 Å². The first kappa shape index (κ1) is 18.9. The fourth-order valence-electron chi connectivity index (χ4n) is 3.55. The van der Waals surface area contributed by atoms with Crippen molar-refractivity contribution in [2.75, 3.05) is 18.4 Å². The Labute approximate surface area is 164 Å². The monoisotopic (exact) mass is 402 g/mol. The fraction of sp³-hybridized carbons (Fsp3) is 0.350. The first-order valence-electron chi connectivity index (χ1n) is 9.13. The van der Waals surface area contributed by atoms with Gasteiger partial charge in [-0.25, -0.2) is 8.42 Å². The zero-order valence-corrected chi connectivity index (χ0v) is 16.7. The van der Waals surface area contributed by atoms with Gasteiger partial charge in [0.25, 0.3) is 5.91 Å². The van der Waals surface area contributed by atoms with Crippen LogP contribution in [-0.2, 0) is 14.8 Å². The maximum Gasteiger partial charge on any atom is 0.259 e. The Morgan fingerprint density at radius 1 is 1.04 bits per heavy atom. The van der Waals surface area contributed by atoms with Crippen molar-refractivity contribution in [2.24, 2.45) is 0 Å². The van der Waals surface area contributed by atoms with Crippen molar-refractivity contribution in [3.63, 3.8) is 0 Å². The molecule has 1 fully saturated rings. The molecule has 0 aromatic heterocycles. The molecule has 0 aliphatic carbocycles. The third-order valence-corrected chi connectivity index (χ3v) is 6.65. The van der Waals surface area contributed by atoms with Gasteiger partial charge in [0.15, 0.2) is 5.75 Å². The second-order valence-corrected chi connectivity index (χ2v) is 9.23. The Balaban J connectivity index is 1.71. The molecule has 0 saturated carbocycles. The Morgan fingerprint density at radius 3 is 2.43 bits per heavy atom. The summed E-state index contributed by atoms with van der Waals surface area (Å²) in [7, 11) is -3.75. The van der Waals surface area contributed by atoms with Crippen LogP contribution in [0.3, 0.4) is 0 Å². The lowest BCUT2D eigenvalue weighted by Gasteiger charge is -2.34. The average Bonchev–Trinajstić information content (AvgIpc) is 2.76. The van der Waals surface area contributed by atoms with Crippen LogP contribution in [0.1, 0.15) is 29.8 Å². The Kier molecular flexibility index (Phi) is 4.65. The molecule has 1 saturated heterocycles. The number of benzene rings is 2. The van der Waals surface area contributed by atoms with Crippen molar-refractivity contribution in [3.05, 3.63) is 47.5 Å². The minimum atomic E-state index is -3.75. The topological polar surface area (TPSA) is 84.9 Å². The summed E-state index contributed by atoms with van der Waals surface area (Å²) in [4.78, 5) is 12.8. The number of aryl methyl sites for hydroxylation is 1. The number of nitrogens with one attached hydrogen (secondary N) is 1. The van der Waals surface area contributed by atoms with Gasteiger partial charge in [-0.2, -0.15) is 4.31 Å². The van der Waals surface area contributed by atoms with Crippen LogP contribution < -0.4 is 10.1 Å². The first-order valence-corrected chi connectivity index (χ1v) is 10.6. The highest BCUT2D eigenvalue weighted by atomic mass is 32.2. The third-order valence-electron chi connectivity index (χ3n) is 4.82. The molecule has 1 N–H and O–H groups in total. The minimum Gasteiger partial charge on any atom is -0.454 e. The normalized spacial score (nSPS) is 22.5. The van der Waals surface area contributed by atoms with Gasteiger partial charge in [0.1, 0.15) is 5.75 Å². The molecule has 2 aliphatic heterocycles. The summed E-state index contributed by atoms with van der Waals surface area (Å²) in [5.74, 6) is 0.437. The van der Waals surface area contributed by atoms with Gasteiger partial charge in [0.2, 0.25) is 10.0 Å². The molecule has 4 rings (SSSR count). The number of ether oxygens (including phenoxy) is 2. The van der Waals surface area contributed by atoms with Crippen molar-refractivity contribution in [2.45, 2.75) is 37.9 Å². The average molecular weight is 402 g/mol. The van der Waals surface area contributed by atoms with E-state index in [1.807, 2.05) is 32.9 Å². The van der Waals surface area contributed by atoms with E-state index in [-0.39, 0.29) is 35.8 Å². The highest BCUT2D eigenvalue weighted by Gasteiger charge is 2.33. The van der Waals surface area contributed by atoms with E-state index >= 15 is 0 Å². The van der Waals surface area contributed by atoms with E-state index in [1.165, 1.54) is 22.5 Å². The van der Waals surface area contributed by atoms with E-state index in [0.717, 1.165) is 5.56 Å². The van der Waals surface area contributed by atoms with Gasteiger partial charge in [0.05, 0.1) is 28.4 Å². The summed E-state index contributed by atoms with van der Waals surface area (Å²) in [6.07, 6.45) is -0.382. The van der Waals surface area contributed by atoms with Crippen molar-refractivity contribution in [1.82, 2.24) is 4.31 Å². The summed E-state index contributed by atoms with van der Waals surface area (Å²) in [5.41, 5.74) is 1.72. The Hall–Kier alpha value is -2.42. The highest BCUT2D eigenvalue weighted by Crippen LogP contribution is 2.37. The van der Waals surface area contributed by atoms with Crippen LogP contribution in [-0.4, -0.2) is 43.9 Å². The number of fused-ring (bicyclic) bond motifs is 2. The smallest absolute Gasteiger partial charge is 0.259 e. The molecule has 0 unspecified atom stereocenters. The molecule has 2 aliphatic rings. The van der Waals surface area contributed by atoms with Crippen LogP contribution in [0.15, 0.2) is 41.3 Å². The summed E-state index contributed by atoms with van der Waals surface area (Å²) in [5, 5.41) is 2.80. The van der Waals surface area contributed by atoms with Gasteiger partial charge in [-0.1, -0.05) is 6.07 Å². The molecule has 2 aromatic carbocycles. The molecule has 28 heavy (non-hydrogen) atoms. The second-order valence-electron chi connectivity index (χ2n) is 7.29. The molecule has 0 radical (unpaired) electrons. The highest BCUT2D eigenvalue weighted by molar-refractivity contribution is 7.89. The summed E-state index contributed by atoms with van der Waals surface area (Å²) >= 11 is 0. The molecule has 0 bridgehead atoms. The Bertz CT molecular complexity index is 1040. The number of carbonyl (C=O) groups is 1. The number of carbonyl (C=O) groups excluding carboxylic acids is 1. The van der Waals surface area contributed by atoms with Crippen LogP contribution >= 0.6 is 0 Å². The van der Waals surface area contributed by atoms with Crippen LogP contribution in [0, 0.1) is 6.92 Å². The van der Waals surface area contributed by atoms with Gasteiger partial charge in [-0.15, -0.1) is 0 Å². The van der Waals surface area contributed by atoms with Gasteiger partial charge in [-0.3, -0.25) is 4.79 Å². The molecular formula is C20H22N2O5S. The molecule has 8 heteroatoms. The summed E-state index contributed by atoms with van der Waals surface area (Å²) < 4.78 is 39.1. The second kappa shape index (κ2) is 6.88. The molecule has 2 aromatic rings. The van der Waals surface area contributed by atoms with Crippen LogP contribution in [0.2, 0.25) is 0 Å². The molecule has 7 nitrogen and oxygen atoms in total. The van der Waals surface area contributed by atoms with Gasteiger partial charge in [0, 0.05) is 13.1 Å². The van der Waals surface area contributed by atoms with Crippen molar-refractivity contribution >= 4 is 21.6 Å². The predicted molar refractivity (Wildman–Crippen MR) is 104 cm³/mol. The summed E-state index contributed by atoms with van der Waals surface area (Å²) in [6.45, 7) is 6.15. The van der Waals surface area contributed by atoms with E-state index in [1.54, 1.807) is 6.07 Å². The standard InChI is InChI=1S/C20H22N2O5S/c1-12-4-6-19-17(8-12)21-20(23)16-9-15(5-7-18(16)27-19)28(24,25)22-10-13(2)26-14(3)11-22/h4-9,13-14H,10-11H2,1-3H3,(H,21,23)/t13-,14-/m0/s1. The molecule has 148 valence electrons. The van der Waals surface area contributed by atoms with Crippen LogP contribution in [0.4, 0.5) is 5.69 Å². The van der Waals surface area contributed by atoms with Crippen LogP contribution in [0.5, 0.6) is 11.5 Å². The number of sulfonamides is 1. The largest absolute Gasteiger partial charge is 0.454 e. The Morgan fingerprint density at radius 2 is 1.71 bits per heavy atom. The molecule has 1 amide bonds. The van der Waals surface area contributed by atoms with E-state index in [4.69, 9.17) is 9.47 Å². The quantitative estimate of drug-likeness (QED) is 0.834. The zero-order valence-electron chi connectivity index (χ0n) is 15.9. The molecule has 2 atom stereocenters.